The Morgan fingerprint density at radius 2 is 2.44 bits per heavy atom. The number of aryl methyl sites for hydroxylation is 1. The molecule has 0 N–H and O–H groups in total. The third-order valence-electron chi connectivity index (χ3n) is 2.53. The summed E-state index contributed by atoms with van der Waals surface area (Å²) in [6, 6.07) is 2.11. The van der Waals surface area contributed by atoms with E-state index in [-0.39, 0.29) is 11.3 Å². The Morgan fingerprint density at radius 1 is 1.69 bits per heavy atom. The van der Waals surface area contributed by atoms with Gasteiger partial charge in [0, 0.05) is 11.4 Å². The highest BCUT2D eigenvalue weighted by Gasteiger charge is 2.33. The molecular formula is C12H15NOS2. The van der Waals surface area contributed by atoms with Gasteiger partial charge in [-0.3, -0.25) is 4.79 Å². The lowest BCUT2D eigenvalue weighted by atomic mass is 10.2. The van der Waals surface area contributed by atoms with Gasteiger partial charge < -0.3 is 4.90 Å². The molecule has 0 aliphatic carbocycles. The van der Waals surface area contributed by atoms with Crippen LogP contribution in [0.4, 0.5) is 0 Å². The number of carbonyl (C=O) groups excluding carboxylic acids is 1. The van der Waals surface area contributed by atoms with E-state index in [0.717, 1.165) is 5.57 Å². The summed E-state index contributed by atoms with van der Waals surface area (Å²) in [7, 11) is 0. The normalized spacial score (nSPS) is 20.5. The number of thioether (sulfide) groups is 1. The van der Waals surface area contributed by atoms with Gasteiger partial charge >= 0.3 is 0 Å². The number of amides is 1. The molecule has 4 heteroatoms. The van der Waals surface area contributed by atoms with Gasteiger partial charge in [0.05, 0.1) is 5.75 Å². The standard InChI is InChI=1S/C12H15NOS2/c1-8(2)6-13-10(14)7-16-12(13)11-9(3)4-5-15-11/h4-5,12H,1,6-7H2,2-3H3. The van der Waals surface area contributed by atoms with E-state index >= 15 is 0 Å². The van der Waals surface area contributed by atoms with E-state index in [1.807, 2.05) is 11.8 Å². The van der Waals surface area contributed by atoms with Gasteiger partial charge in [0.1, 0.15) is 5.37 Å². The molecule has 2 rings (SSSR count). The zero-order valence-electron chi connectivity index (χ0n) is 9.53. The Labute approximate surface area is 104 Å². The van der Waals surface area contributed by atoms with Gasteiger partial charge in [0.25, 0.3) is 0 Å². The van der Waals surface area contributed by atoms with Crippen molar-refractivity contribution in [1.82, 2.24) is 4.90 Å². The molecule has 1 unspecified atom stereocenters. The minimum atomic E-state index is 0.198. The molecule has 0 aromatic carbocycles. The van der Waals surface area contributed by atoms with Gasteiger partial charge in [-0.2, -0.15) is 0 Å². The molecular weight excluding hydrogens is 238 g/mol. The molecule has 16 heavy (non-hydrogen) atoms. The first-order chi connectivity index (χ1) is 7.59. The van der Waals surface area contributed by atoms with Crippen molar-refractivity contribution in [2.24, 2.45) is 0 Å². The average molecular weight is 253 g/mol. The third kappa shape index (κ3) is 2.18. The smallest absolute Gasteiger partial charge is 0.234 e. The summed E-state index contributed by atoms with van der Waals surface area (Å²) in [5.74, 6) is 0.820. The third-order valence-corrected chi connectivity index (χ3v) is 4.97. The molecule has 1 amide bonds. The van der Waals surface area contributed by atoms with E-state index in [1.165, 1.54) is 10.4 Å². The highest BCUT2D eigenvalue weighted by molar-refractivity contribution is 8.00. The van der Waals surface area contributed by atoms with Crippen molar-refractivity contribution in [1.29, 1.82) is 0 Å². The summed E-state index contributed by atoms with van der Waals surface area (Å²) in [6.07, 6.45) is 0. The van der Waals surface area contributed by atoms with Gasteiger partial charge in [-0.1, -0.05) is 12.2 Å². The number of thiophene rings is 1. The Kier molecular flexibility index (Phi) is 3.40. The fraction of sp³-hybridized carbons (Fsp3) is 0.417. The first kappa shape index (κ1) is 11.7. The summed E-state index contributed by atoms with van der Waals surface area (Å²) >= 11 is 3.45. The van der Waals surface area contributed by atoms with Gasteiger partial charge in [-0.25, -0.2) is 0 Å². The molecule has 1 fully saturated rings. The predicted molar refractivity (Wildman–Crippen MR) is 70.8 cm³/mol. The zero-order valence-corrected chi connectivity index (χ0v) is 11.2. The highest BCUT2D eigenvalue weighted by atomic mass is 32.2. The van der Waals surface area contributed by atoms with Crippen molar-refractivity contribution < 1.29 is 4.79 Å². The number of nitrogens with zero attached hydrogens (tertiary/aromatic N) is 1. The minimum Gasteiger partial charge on any atom is -0.321 e. The van der Waals surface area contributed by atoms with Gasteiger partial charge in [0.2, 0.25) is 5.91 Å². The fourth-order valence-corrected chi connectivity index (χ4v) is 4.23. The molecule has 1 aromatic rings. The molecule has 0 radical (unpaired) electrons. The second-order valence-corrected chi connectivity index (χ2v) is 6.13. The summed E-state index contributed by atoms with van der Waals surface area (Å²) in [5.41, 5.74) is 2.32. The summed E-state index contributed by atoms with van der Waals surface area (Å²) in [6.45, 7) is 8.64. The van der Waals surface area contributed by atoms with Crippen LogP contribution >= 0.6 is 23.1 Å². The maximum absolute atomic E-state index is 11.8. The first-order valence-electron chi connectivity index (χ1n) is 5.19. The Hall–Kier alpha value is -0.740. The second-order valence-electron chi connectivity index (χ2n) is 4.11. The van der Waals surface area contributed by atoms with Gasteiger partial charge in [-0.05, 0) is 30.9 Å². The van der Waals surface area contributed by atoms with Crippen molar-refractivity contribution in [2.75, 3.05) is 12.3 Å². The molecule has 0 saturated carbocycles. The van der Waals surface area contributed by atoms with Crippen LogP contribution in [0.2, 0.25) is 0 Å². The number of carbonyl (C=O) groups is 1. The zero-order chi connectivity index (χ0) is 11.7. The fourth-order valence-electron chi connectivity index (χ4n) is 1.77. The Balaban J connectivity index is 2.24. The van der Waals surface area contributed by atoms with E-state index in [0.29, 0.717) is 12.3 Å². The van der Waals surface area contributed by atoms with Crippen LogP contribution < -0.4 is 0 Å². The SMILES string of the molecule is C=C(C)CN1C(=O)CSC1c1sccc1C. The van der Waals surface area contributed by atoms with Crippen LogP contribution in [-0.2, 0) is 4.79 Å². The Bertz CT molecular complexity index is 424. The van der Waals surface area contributed by atoms with Gasteiger partial charge in [0.15, 0.2) is 0 Å². The highest BCUT2D eigenvalue weighted by Crippen LogP contribution is 2.42. The van der Waals surface area contributed by atoms with Crippen LogP contribution in [0.15, 0.2) is 23.6 Å². The summed E-state index contributed by atoms with van der Waals surface area (Å²) in [4.78, 5) is 15.0. The molecule has 0 spiro atoms. The molecule has 0 bridgehead atoms. The number of hydrogen-bond acceptors (Lipinski definition) is 3. The van der Waals surface area contributed by atoms with E-state index in [2.05, 4.69) is 24.9 Å². The maximum atomic E-state index is 11.8. The second kappa shape index (κ2) is 4.63. The molecule has 86 valence electrons. The van der Waals surface area contributed by atoms with Crippen molar-refractivity contribution in [3.8, 4) is 0 Å². The molecule has 2 heterocycles. The number of rotatable bonds is 3. The van der Waals surface area contributed by atoms with Crippen LogP contribution in [0.5, 0.6) is 0 Å². The van der Waals surface area contributed by atoms with E-state index in [1.54, 1.807) is 23.1 Å². The lowest BCUT2D eigenvalue weighted by molar-refractivity contribution is -0.127. The lowest BCUT2D eigenvalue weighted by Crippen LogP contribution is -2.29. The molecule has 1 aliphatic heterocycles. The van der Waals surface area contributed by atoms with Crippen molar-refractivity contribution in [2.45, 2.75) is 19.2 Å². The first-order valence-corrected chi connectivity index (χ1v) is 7.12. The molecule has 1 aromatic heterocycles. The van der Waals surface area contributed by atoms with Gasteiger partial charge in [-0.15, -0.1) is 23.1 Å². The molecule has 1 atom stereocenters. The molecule has 1 aliphatic rings. The van der Waals surface area contributed by atoms with Crippen LogP contribution in [-0.4, -0.2) is 23.1 Å². The quantitative estimate of drug-likeness (QED) is 0.771. The summed E-state index contributed by atoms with van der Waals surface area (Å²) in [5, 5.41) is 2.29. The van der Waals surface area contributed by atoms with E-state index < -0.39 is 0 Å². The predicted octanol–water partition coefficient (Wildman–Crippen LogP) is 3.21. The average Bonchev–Trinajstić information content (AvgIpc) is 2.75. The molecule has 2 nitrogen and oxygen atoms in total. The van der Waals surface area contributed by atoms with Crippen molar-refractivity contribution in [3.63, 3.8) is 0 Å². The minimum absolute atomic E-state index is 0.198. The maximum Gasteiger partial charge on any atom is 0.234 e. The monoisotopic (exact) mass is 253 g/mol. The topological polar surface area (TPSA) is 20.3 Å². The van der Waals surface area contributed by atoms with Crippen molar-refractivity contribution in [3.05, 3.63) is 34.0 Å². The lowest BCUT2D eigenvalue weighted by Gasteiger charge is -2.23. The van der Waals surface area contributed by atoms with Crippen LogP contribution in [0, 0.1) is 6.92 Å². The van der Waals surface area contributed by atoms with E-state index in [4.69, 9.17) is 0 Å². The van der Waals surface area contributed by atoms with Crippen LogP contribution in [0.25, 0.3) is 0 Å². The van der Waals surface area contributed by atoms with Crippen LogP contribution in [0.3, 0.4) is 0 Å². The largest absolute Gasteiger partial charge is 0.321 e. The number of hydrogen-bond donors (Lipinski definition) is 0. The van der Waals surface area contributed by atoms with Crippen LogP contribution in [0.1, 0.15) is 22.7 Å². The summed E-state index contributed by atoms with van der Waals surface area (Å²) < 4.78 is 0. The molecule has 1 saturated heterocycles. The van der Waals surface area contributed by atoms with E-state index in [9.17, 15) is 4.79 Å². The van der Waals surface area contributed by atoms with Crippen molar-refractivity contribution >= 4 is 29.0 Å². The Morgan fingerprint density at radius 3 is 3.00 bits per heavy atom.